The van der Waals surface area contributed by atoms with E-state index in [4.69, 9.17) is 10.5 Å². The van der Waals surface area contributed by atoms with Crippen LogP contribution in [0.1, 0.15) is 23.4 Å². The highest BCUT2D eigenvalue weighted by Gasteiger charge is 2.34. The lowest BCUT2D eigenvalue weighted by molar-refractivity contribution is -0.275. The second-order valence-electron chi connectivity index (χ2n) is 3.18. The molecule has 0 saturated heterocycles. The van der Waals surface area contributed by atoms with Crippen molar-refractivity contribution < 1.29 is 26.7 Å². The fourth-order valence-corrected chi connectivity index (χ4v) is 1.24. The van der Waals surface area contributed by atoms with Crippen LogP contribution >= 0.6 is 0 Å². The molecule has 0 bridgehead atoms. The van der Waals surface area contributed by atoms with Crippen LogP contribution < -0.4 is 4.74 Å². The van der Waals surface area contributed by atoms with Gasteiger partial charge in [0.25, 0.3) is 6.43 Å². The van der Waals surface area contributed by atoms with Crippen LogP contribution in [0.2, 0.25) is 0 Å². The number of alkyl halides is 5. The summed E-state index contributed by atoms with van der Waals surface area (Å²) in [5, 5.41) is 17.1. The maximum absolute atomic E-state index is 12.5. The molecule has 0 aliphatic heterocycles. The zero-order valence-corrected chi connectivity index (χ0v) is 9.00. The summed E-state index contributed by atoms with van der Waals surface area (Å²) in [6.07, 6.45) is -8.82. The van der Waals surface area contributed by atoms with E-state index in [0.717, 1.165) is 0 Å². The van der Waals surface area contributed by atoms with E-state index >= 15 is 0 Å². The highest BCUT2D eigenvalue weighted by Crippen LogP contribution is 2.32. The Kier molecular flexibility index (Phi) is 4.22. The van der Waals surface area contributed by atoms with Crippen molar-refractivity contribution in [2.45, 2.75) is 19.2 Å². The normalized spacial score (nSPS) is 10.9. The van der Waals surface area contributed by atoms with Gasteiger partial charge in [0, 0.05) is 5.56 Å². The second kappa shape index (κ2) is 5.48. The largest absolute Gasteiger partial charge is 0.573 e. The number of hydrogen-bond donors (Lipinski definition) is 0. The van der Waals surface area contributed by atoms with Gasteiger partial charge in [-0.15, -0.1) is 13.2 Å². The standard InChI is InChI=1S/C10H4F5N3O/c11-9(12)6-3-5(1-2-16)8(7(4-17)18-6)19-10(13,14)15/h3,9H,1H2. The van der Waals surface area contributed by atoms with Gasteiger partial charge in [-0.2, -0.15) is 10.5 Å². The third-order valence-electron chi connectivity index (χ3n) is 1.89. The lowest BCUT2D eigenvalue weighted by atomic mass is 10.1. The van der Waals surface area contributed by atoms with Crippen molar-refractivity contribution in [2.24, 2.45) is 0 Å². The minimum Gasteiger partial charge on any atom is -0.402 e. The third kappa shape index (κ3) is 3.78. The number of nitriles is 2. The van der Waals surface area contributed by atoms with E-state index in [1.54, 1.807) is 0 Å². The molecule has 0 N–H and O–H groups in total. The first-order valence-electron chi connectivity index (χ1n) is 4.63. The van der Waals surface area contributed by atoms with Gasteiger partial charge in [-0.1, -0.05) is 0 Å². The molecule has 4 nitrogen and oxygen atoms in total. The molecule has 0 fully saturated rings. The van der Waals surface area contributed by atoms with Gasteiger partial charge in [0.05, 0.1) is 12.5 Å². The van der Waals surface area contributed by atoms with E-state index in [0.29, 0.717) is 6.07 Å². The summed E-state index contributed by atoms with van der Waals surface area (Å²) < 4.78 is 64.9. The molecule has 0 atom stereocenters. The maximum Gasteiger partial charge on any atom is 0.573 e. The number of hydrogen-bond acceptors (Lipinski definition) is 4. The molecule has 1 rings (SSSR count). The van der Waals surface area contributed by atoms with E-state index in [1.807, 2.05) is 0 Å². The minimum atomic E-state index is -5.12. The van der Waals surface area contributed by atoms with Crippen LogP contribution in [0.25, 0.3) is 0 Å². The Morgan fingerprint density at radius 1 is 1.32 bits per heavy atom. The molecule has 0 aliphatic carbocycles. The first kappa shape index (κ1) is 14.6. The molecule has 0 spiro atoms. The summed E-state index contributed by atoms with van der Waals surface area (Å²) in [5.74, 6) is -1.03. The Balaban J connectivity index is 3.42. The van der Waals surface area contributed by atoms with Crippen LogP contribution in [-0.2, 0) is 6.42 Å². The molecule has 0 amide bonds. The zero-order valence-electron chi connectivity index (χ0n) is 9.00. The van der Waals surface area contributed by atoms with Crippen LogP contribution in [0.4, 0.5) is 22.0 Å². The van der Waals surface area contributed by atoms with Crippen LogP contribution in [0.5, 0.6) is 5.75 Å². The smallest absolute Gasteiger partial charge is 0.402 e. The Morgan fingerprint density at radius 2 is 1.95 bits per heavy atom. The molecule has 19 heavy (non-hydrogen) atoms. The van der Waals surface area contributed by atoms with E-state index in [1.165, 1.54) is 12.1 Å². The molecule has 0 aliphatic rings. The van der Waals surface area contributed by atoms with E-state index in [2.05, 4.69) is 9.72 Å². The molecule has 0 aromatic carbocycles. The average molecular weight is 277 g/mol. The second-order valence-corrected chi connectivity index (χ2v) is 3.18. The number of pyridine rings is 1. The fourth-order valence-electron chi connectivity index (χ4n) is 1.24. The van der Waals surface area contributed by atoms with Gasteiger partial charge in [-0.3, -0.25) is 0 Å². The lowest BCUT2D eigenvalue weighted by Gasteiger charge is -2.14. The summed E-state index contributed by atoms with van der Waals surface area (Å²) in [4.78, 5) is 3.07. The van der Waals surface area contributed by atoms with Crippen molar-refractivity contribution in [3.05, 3.63) is 23.0 Å². The predicted molar refractivity (Wildman–Crippen MR) is 49.9 cm³/mol. The molecule has 1 aromatic heterocycles. The number of nitrogens with zero attached hydrogens (tertiary/aromatic N) is 3. The van der Waals surface area contributed by atoms with Crippen LogP contribution in [0, 0.1) is 22.7 Å². The molecule has 0 radical (unpaired) electrons. The third-order valence-corrected chi connectivity index (χ3v) is 1.89. The van der Waals surface area contributed by atoms with Crippen LogP contribution in [-0.4, -0.2) is 11.3 Å². The quantitative estimate of drug-likeness (QED) is 0.796. The van der Waals surface area contributed by atoms with E-state index < -0.39 is 41.9 Å². The molecule has 9 heteroatoms. The van der Waals surface area contributed by atoms with Gasteiger partial charge in [0.1, 0.15) is 11.8 Å². The molecule has 1 aromatic rings. The number of rotatable bonds is 3. The Labute approximate surface area is 103 Å². The highest BCUT2D eigenvalue weighted by molar-refractivity contribution is 5.46. The number of aromatic nitrogens is 1. The van der Waals surface area contributed by atoms with Crippen molar-refractivity contribution >= 4 is 0 Å². The summed E-state index contributed by atoms with van der Waals surface area (Å²) in [7, 11) is 0. The van der Waals surface area contributed by atoms with Crippen LogP contribution in [0.15, 0.2) is 6.07 Å². The Bertz CT molecular complexity index is 556. The number of ether oxygens (including phenoxy) is 1. The molecular weight excluding hydrogens is 273 g/mol. The molecular formula is C10H4F5N3O. The van der Waals surface area contributed by atoms with E-state index in [-0.39, 0.29) is 0 Å². The van der Waals surface area contributed by atoms with E-state index in [9.17, 15) is 22.0 Å². The Morgan fingerprint density at radius 3 is 2.37 bits per heavy atom. The molecule has 0 saturated carbocycles. The van der Waals surface area contributed by atoms with Crippen molar-refractivity contribution in [3.8, 4) is 17.9 Å². The molecule has 1 heterocycles. The van der Waals surface area contributed by atoms with Gasteiger partial charge < -0.3 is 4.74 Å². The van der Waals surface area contributed by atoms with Gasteiger partial charge in [0.2, 0.25) is 0 Å². The molecule has 100 valence electrons. The van der Waals surface area contributed by atoms with Crippen molar-refractivity contribution in [1.29, 1.82) is 10.5 Å². The van der Waals surface area contributed by atoms with Crippen molar-refractivity contribution in [2.75, 3.05) is 0 Å². The summed E-state index contributed by atoms with van der Waals surface area (Å²) in [5.41, 5.74) is -2.31. The fraction of sp³-hybridized carbons (Fsp3) is 0.300. The highest BCUT2D eigenvalue weighted by atomic mass is 19.4. The summed E-state index contributed by atoms with van der Waals surface area (Å²) in [6, 6.07) is 3.34. The average Bonchev–Trinajstić information content (AvgIpc) is 2.29. The van der Waals surface area contributed by atoms with Crippen molar-refractivity contribution in [3.63, 3.8) is 0 Å². The lowest BCUT2D eigenvalue weighted by Crippen LogP contribution is -2.19. The Hall–Kier alpha value is -2.42. The van der Waals surface area contributed by atoms with Crippen LogP contribution in [0.3, 0.4) is 0 Å². The first-order valence-corrected chi connectivity index (χ1v) is 4.63. The topological polar surface area (TPSA) is 69.7 Å². The first-order chi connectivity index (χ1) is 8.78. The summed E-state index contributed by atoms with van der Waals surface area (Å²) in [6.45, 7) is 0. The maximum atomic E-state index is 12.5. The minimum absolute atomic E-state index is 0.471. The van der Waals surface area contributed by atoms with Gasteiger partial charge in [0.15, 0.2) is 11.4 Å². The SMILES string of the molecule is N#CCc1cc(C(F)F)nc(C#N)c1OC(F)(F)F. The van der Waals surface area contributed by atoms with Gasteiger partial charge >= 0.3 is 6.36 Å². The zero-order chi connectivity index (χ0) is 14.6. The summed E-state index contributed by atoms with van der Waals surface area (Å²) >= 11 is 0. The predicted octanol–water partition coefficient (Wildman–Crippen LogP) is 2.86. The van der Waals surface area contributed by atoms with Gasteiger partial charge in [-0.05, 0) is 6.07 Å². The van der Waals surface area contributed by atoms with Gasteiger partial charge in [-0.25, -0.2) is 13.8 Å². The molecule has 0 unspecified atom stereocenters. The number of halogens is 5. The van der Waals surface area contributed by atoms with Crippen molar-refractivity contribution in [1.82, 2.24) is 4.98 Å². The monoisotopic (exact) mass is 277 g/mol.